The zero-order valence-corrected chi connectivity index (χ0v) is 10.8. The molecule has 1 aromatic heterocycles. The molecule has 1 N–H and O–H groups in total. The van der Waals surface area contributed by atoms with Crippen LogP contribution in [0.4, 0.5) is 11.4 Å². The summed E-state index contributed by atoms with van der Waals surface area (Å²) in [6.07, 6.45) is 1.95. The van der Waals surface area contributed by atoms with Crippen molar-refractivity contribution >= 4 is 22.3 Å². The lowest BCUT2D eigenvalue weighted by molar-refractivity contribution is -0.422. The van der Waals surface area contributed by atoms with E-state index in [0.717, 1.165) is 12.1 Å². The van der Waals surface area contributed by atoms with Crippen molar-refractivity contribution in [1.82, 2.24) is 4.98 Å². The number of nitrogens with zero attached hydrogens (tertiary/aromatic N) is 2. The summed E-state index contributed by atoms with van der Waals surface area (Å²) >= 11 is 0. The van der Waals surface area contributed by atoms with E-state index in [2.05, 4.69) is 23.2 Å². The van der Waals surface area contributed by atoms with E-state index in [-0.39, 0.29) is 0 Å². The fourth-order valence-electron chi connectivity index (χ4n) is 1.77. The first kappa shape index (κ1) is 14.2. The van der Waals surface area contributed by atoms with Gasteiger partial charge in [-0.3, -0.25) is 20.2 Å². The molecule has 0 spiro atoms. The molecule has 0 radical (unpaired) electrons. The molecule has 0 amide bonds. The molecule has 1 heterocycles. The van der Waals surface area contributed by atoms with Crippen LogP contribution in [0.5, 0.6) is 0 Å². The van der Waals surface area contributed by atoms with Crippen molar-refractivity contribution in [3.63, 3.8) is 0 Å². The molecule has 7 nitrogen and oxygen atoms in total. The molecule has 7 heteroatoms. The zero-order chi connectivity index (χ0) is 15.2. The third-order valence-corrected chi connectivity index (χ3v) is 2.74. The van der Waals surface area contributed by atoms with Crippen LogP contribution in [0.2, 0.25) is 0 Å². The van der Waals surface area contributed by atoms with Crippen LogP contribution in [0.15, 0.2) is 60.8 Å². The summed E-state index contributed by atoms with van der Waals surface area (Å²) < 4.78 is 0. The normalized spacial score (nSPS) is 9.71. The number of aromatic nitrogens is 1. The molecule has 3 rings (SSSR count). The molecule has 0 unspecified atom stereocenters. The molecule has 106 valence electrons. The third kappa shape index (κ3) is 3.41. The van der Waals surface area contributed by atoms with E-state index < -0.39 is 21.2 Å². The number of para-hydroxylation sites is 3. The molecule has 2 aromatic carbocycles. The van der Waals surface area contributed by atoms with Crippen molar-refractivity contribution in [2.45, 2.75) is 0 Å². The second-order valence-corrected chi connectivity index (χ2v) is 4.07. The minimum Gasteiger partial charge on any atom is -0.361 e. The van der Waals surface area contributed by atoms with E-state index in [4.69, 9.17) is 0 Å². The fourth-order valence-corrected chi connectivity index (χ4v) is 1.77. The molecule has 0 aliphatic carbocycles. The van der Waals surface area contributed by atoms with Gasteiger partial charge in [0.2, 0.25) is 0 Å². The molecule has 0 saturated heterocycles. The lowest BCUT2D eigenvalue weighted by Crippen LogP contribution is -1.95. The van der Waals surface area contributed by atoms with Gasteiger partial charge in [0.25, 0.3) is 0 Å². The maximum Gasteiger partial charge on any atom is 0.346 e. The summed E-state index contributed by atoms with van der Waals surface area (Å²) in [6.45, 7) is 0. The average Bonchev–Trinajstić information content (AvgIpc) is 2.96. The number of H-pyrrole nitrogens is 1. The smallest absolute Gasteiger partial charge is 0.346 e. The second-order valence-electron chi connectivity index (χ2n) is 4.07. The van der Waals surface area contributed by atoms with Crippen molar-refractivity contribution in [2.24, 2.45) is 0 Å². The lowest BCUT2D eigenvalue weighted by Gasteiger charge is -1.91. The van der Waals surface area contributed by atoms with Gasteiger partial charge in [-0.05, 0) is 17.5 Å². The van der Waals surface area contributed by atoms with Gasteiger partial charge in [0, 0.05) is 23.8 Å². The first-order valence-corrected chi connectivity index (χ1v) is 5.99. The van der Waals surface area contributed by atoms with E-state index in [1.165, 1.54) is 23.0 Å². The van der Waals surface area contributed by atoms with Crippen molar-refractivity contribution < 1.29 is 9.85 Å². The number of hydrogen-bond acceptors (Lipinski definition) is 4. The van der Waals surface area contributed by atoms with Gasteiger partial charge in [-0.15, -0.1) is 0 Å². The quantitative estimate of drug-likeness (QED) is 0.573. The number of nitro benzene ring substituents is 2. The van der Waals surface area contributed by atoms with Crippen molar-refractivity contribution in [2.75, 3.05) is 0 Å². The van der Waals surface area contributed by atoms with Crippen molar-refractivity contribution in [3.05, 3.63) is 81.0 Å². The number of nitrogens with one attached hydrogen (secondary N) is 1. The topological polar surface area (TPSA) is 102 Å². The number of benzene rings is 2. The fraction of sp³-hybridized carbons (Fsp3) is 0. The zero-order valence-electron chi connectivity index (χ0n) is 10.8. The highest BCUT2D eigenvalue weighted by Gasteiger charge is 2.21. The lowest BCUT2D eigenvalue weighted by atomic mass is 10.3. The first-order chi connectivity index (χ1) is 10.1. The van der Waals surface area contributed by atoms with E-state index in [9.17, 15) is 20.2 Å². The van der Waals surface area contributed by atoms with Crippen LogP contribution in [-0.2, 0) is 0 Å². The van der Waals surface area contributed by atoms with E-state index in [0.29, 0.717) is 0 Å². The Balaban J connectivity index is 0.000000159. The molecular formula is C14H11N3O4. The SMILES string of the molecule is O=[N+]([O-])c1ccccc1[N+](=O)[O-].c1ccc2[nH]ccc2c1. The molecule has 0 saturated carbocycles. The van der Waals surface area contributed by atoms with Gasteiger partial charge in [-0.2, -0.15) is 0 Å². The highest BCUT2D eigenvalue weighted by Crippen LogP contribution is 2.24. The Bertz CT molecular complexity index is 719. The van der Waals surface area contributed by atoms with Gasteiger partial charge in [0.1, 0.15) is 0 Å². The van der Waals surface area contributed by atoms with Crippen LogP contribution < -0.4 is 0 Å². The van der Waals surface area contributed by atoms with Crippen LogP contribution in [-0.4, -0.2) is 14.8 Å². The summed E-state index contributed by atoms with van der Waals surface area (Å²) in [5.74, 6) is 0. The summed E-state index contributed by atoms with van der Waals surface area (Å²) in [5.41, 5.74) is 0.238. The van der Waals surface area contributed by atoms with E-state index >= 15 is 0 Å². The van der Waals surface area contributed by atoms with E-state index in [1.807, 2.05) is 18.3 Å². The predicted octanol–water partition coefficient (Wildman–Crippen LogP) is 3.67. The van der Waals surface area contributed by atoms with Crippen LogP contribution in [0.3, 0.4) is 0 Å². The largest absolute Gasteiger partial charge is 0.361 e. The first-order valence-electron chi connectivity index (χ1n) is 5.99. The third-order valence-electron chi connectivity index (χ3n) is 2.74. The number of fused-ring (bicyclic) bond motifs is 1. The maximum atomic E-state index is 10.2. The van der Waals surface area contributed by atoms with Gasteiger partial charge in [-0.1, -0.05) is 30.3 Å². The van der Waals surface area contributed by atoms with Crippen molar-refractivity contribution in [3.8, 4) is 0 Å². The van der Waals surface area contributed by atoms with E-state index in [1.54, 1.807) is 0 Å². The molecule has 0 atom stereocenters. The van der Waals surface area contributed by atoms with Crippen LogP contribution >= 0.6 is 0 Å². The van der Waals surface area contributed by atoms with Gasteiger partial charge in [-0.25, -0.2) is 0 Å². The highest BCUT2D eigenvalue weighted by molar-refractivity contribution is 5.78. The Kier molecular flexibility index (Phi) is 4.25. The van der Waals surface area contributed by atoms with Crippen LogP contribution in [0, 0.1) is 20.2 Å². The Hall–Kier alpha value is -3.22. The summed E-state index contributed by atoms with van der Waals surface area (Å²) in [4.78, 5) is 22.0. The van der Waals surface area contributed by atoms with Gasteiger partial charge in [0.05, 0.1) is 9.85 Å². The number of hydrogen-bond donors (Lipinski definition) is 1. The Morgan fingerprint density at radius 3 is 1.81 bits per heavy atom. The Morgan fingerprint density at radius 2 is 1.29 bits per heavy atom. The molecule has 21 heavy (non-hydrogen) atoms. The van der Waals surface area contributed by atoms with Gasteiger partial charge in [0.15, 0.2) is 0 Å². The van der Waals surface area contributed by atoms with Crippen molar-refractivity contribution in [1.29, 1.82) is 0 Å². The second kappa shape index (κ2) is 6.29. The molecule has 0 fully saturated rings. The molecular weight excluding hydrogens is 274 g/mol. The Morgan fingerprint density at radius 1 is 0.762 bits per heavy atom. The Labute approximate surface area is 119 Å². The summed E-state index contributed by atoms with van der Waals surface area (Å²) in [7, 11) is 0. The maximum absolute atomic E-state index is 10.2. The average molecular weight is 285 g/mol. The minimum atomic E-state index is -0.780. The van der Waals surface area contributed by atoms with Gasteiger partial charge < -0.3 is 4.98 Å². The molecule has 3 aromatic rings. The van der Waals surface area contributed by atoms with Crippen LogP contribution in [0.25, 0.3) is 10.9 Å². The predicted molar refractivity (Wildman–Crippen MR) is 78.0 cm³/mol. The summed E-state index contributed by atoms with van der Waals surface area (Å²) in [5, 5.41) is 21.7. The number of aromatic amines is 1. The molecule has 0 aliphatic rings. The summed E-state index contributed by atoms with van der Waals surface area (Å²) in [6, 6.07) is 15.2. The highest BCUT2D eigenvalue weighted by atomic mass is 16.6. The standard InChI is InChI=1S/C8H7N.C6H4N2O4/c1-2-4-8-7(3-1)5-6-9-8;9-7(10)5-3-1-2-4-6(5)8(11)12/h1-6,9H;1-4H. The molecule has 0 aliphatic heterocycles. The minimum absolute atomic E-state index is 0.484. The molecule has 0 bridgehead atoms. The monoisotopic (exact) mass is 285 g/mol. The van der Waals surface area contributed by atoms with Crippen LogP contribution in [0.1, 0.15) is 0 Å². The number of nitro groups is 2. The number of rotatable bonds is 2. The van der Waals surface area contributed by atoms with Gasteiger partial charge >= 0.3 is 11.4 Å².